The lowest BCUT2D eigenvalue weighted by Crippen LogP contribution is -2.46. The number of halogens is 4. The summed E-state index contributed by atoms with van der Waals surface area (Å²) >= 11 is 0. The van der Waals surface area contributed by atoms with Crippen LogP contribution in [-0.4, -0.2) is 173 Å². The van der Waals surface area contributed by atoms with Gasteiger partial charge in [-0.2, -0.15) is 22.5 Å². The maximum atomic E-state index is 14.9. The smallest absolute Gasteiger partial charge is 0.406 e. The van der Waals surface area contributed by atoms with Gasteiger partial charge in [0.05, 0.1) is 98.9 Å². The fourth-order valence-corrected chi connectivity index (χ4v) is 10.5. The van der Waals surface area contributed by atoms with E-state index in [1.54, 1.807) is 43.6 Å². The zero-order chi connectivity index (χ0) is 57.7. The maximum Gasteiger partial charge on any atom is 0.406 e. The van der Waals surface area contributed by atoms with E-state index in [0.29, 0.717) is 64.9 Å². The molecule has 8 rings (SSSR count). The second-order valence-electron chi connectivity index (χ2n) is 19.3. The van der Waals surface area contributed by atoms with Crippen LogP contribution in [0.3, 0.4) is 0 Å². The summed E-state index contributed by atoms with van der Waals surface area (Å²) in [6.45, 7) is 5.41. The van der Waals surface area contributed by atoms with Crippen molar-refractivity contribution in [2.75, 3.05) is 123 Å². The number of sulfonamides is 1. The first-order chi connectivity index (χ1) is 38.9. The van der Waals surface area contributed by atoms with Crippen molar-refractivity contribution >= 4 is 55.3 Å². The second kappa shape index (κ2) is 27.3. The molecule has 0 radical (unpaired) electrons. The van der Waals surface area contributed by atoms with Gasteiger partial charge in [-0.15, -0.1) is 0 Å². The normalized spacial score (nSPS) is 15.0. The maximum absolute atomic E-state index is 14.9. The number of likely N-dealkylation sites (tertiary alicyclic amines) is 1. The predicted octanol–water partition coefficient (Wildman–Crippen LogP) is 7.10. The standard InChI is InChI=1S/C56H67F4N11O9S/c1-37-53(38(2)80-67-37)40-29-50-54(64-32-40)66-55(61-3)70(50)33-39-10-7-12-42(28-39)79-35-52(72)63-19-22-76-24-26-78-27-25-77-23-21-69(5)81(73,74)43-15-16-48(51(31-43)75-6)62-18-9-11-41-30-44-46(65-47-17-20-68(4)34-45(47)57)13-8-14-49(44)71(41)36-56(58,59)60/h7-8,10,12-16,28-32,45,47,62,65H,17-27,33-36H2,1-6H3,(H,63,72)(H,61,64,66)/t45-,47?/m0/s1. The highest BCUT2D eigenvalue weighted by Gasteiger charge is 2.32. The van der Waals surface area contributed by atoms with E-state index >= 15 is 0 Å². The molecule has 0 saturated carbocycles. The Kier molecular flexibility index (Phi) is 20.1. The average Bonchev–Trinajstić information content (AvgIpc) is 4.29. The zero-order valence-electron chi connectivity index (χ0n) is 46.0. The number of alkyl halides is 4. The largest absolute Gasteiger partial charge is 0.495 e. The van der Waals surface area contributed by atoms with Crippen LogP contribution < -0.4 is 30.7 Å². The van der Waals surface area contributed by atoms with Gasteiger partial charge < -0.3 is 63.5 Å². The fraction of sp³-hybridized carbons (Fsp3) is 0.429. The van der Waals surface area contributed by atoms with Gasteiger partial charge in [-0.25, -0.2) is 17.8 Å². The topological polar surface area (TPSA) is 214 Å². The number of anilines is 3. The summed E-state index contributed by atoms with van der Waals surface area (Å²) in [7, 11) is 2.50. The molecule has 1 saturated heterocycles. The summed E-state index contributed by atoms with van der Waals surface area (Å²) in [6, 6.07) is 19.8. The van der Waals surface area contributed by atoms with E-state index in [4.69, 9.17) is 28.2 Å². The van der Waals surface area contributed by atoms with Crippen LogP contribution in [0, 0.1) is 25.7 Å². The number of nitrogens with zero attached hydrogens (tertiary/aromatic N) is 7. The van der Waals surface area contributed by atoms with Gasteiger partial charge in [0, 0.05) is 74.7 Å². The Morgan fingerprint density at radius 1 is 0.938 bits per heavy atom. The van der Waals surface area contributed by atoms with Crippen molar-refractivity contribution in [1.29, 1.82) is 0 Å². The number of carbonyl (C=O) groups excluding carboxylic acids is 1. The van der Waals surface area contributed by atoms with Gasteiger partial charge in [0.25, 0.3) is 5.91 Å². The van der Waals surface area contributed by atoms with Crippen molar-refractivity contribution in [3.8, 4) is 34.5 Å². The van der Waals surface area contributed by atoms with Gasteiger partial charge >= 0.3 is 6.18 Å². The third-order valence-electron chi connectivity index (χ3n) is 13.5. The van der Waals surface area contributed by atoms with E-state index in [1.807, 2.05) is 54.6 Å². The Bertz CT molecular complexity index is 3430. The molecule has 4 N–H and O–H groups in total. The van der Waals surface area contributed by atoms with Gasteiger partial charge in [-0.05, 0) is 87.3 Å². The number of hydrogen-bond donors (Lipinski definition) is 4. The number of likely N-dealkylation sites (N-methyl/N-ethyl adjacent to an activating group) is 1. The molecule has 25 heteroatoms. The van der Waals surface area contributed by atoms with Crippen LogP contribution in [-0.2, 0) is 42.1 Å². The molecule has 5 heterocycles. The van der Waals surface area contributed by atoms with Crippen molar-refractivity contribution in [2.24, 2.45) is 0 Å². The Morgan fingerprint density at radius 2 is 1.70 bits per heavy atom. The van der Waals surface area contributed by atoms with Crippen LogP contribution in [0.4, 0.5) is 34.9 Å². The van der Waals surface area contributed by atoms with Crippen molar-refractivity contribution < 1.29 is 59.0 Å². The Labute approximate surface area is 467 Å². The molecule has 0 spiro atoms. The summed E-state index contributed by atoms with van der Waals surface area (Å²) < 4.78 is 121. The van der Waals surface area contributed by atoms with Crippen molar-refractivity contribution in [2.45, 2.75) is 56.6 Å². The highest BCUT2D eigenvalue weighted by atomic mass is 32.2. The van der Waals surface area contributed by atoms with Crippen LogP contribution in [0.25, 0.3) is 33.2 Å². The molecule has 1 unspecified atom stereocenters. The SMILES string of the molecule is CNc1nc2ncc(-c3c(C)noc3C)cc2n1Cc1cccc(OCC(=O)NCCOCCOCCOCCN(C)S(=O)(=O)c2ccc(NCC#Cc3cc4c(NC5CCN(C)C[C@@H]5F)cccc4n3CC(F)(F)F)c(OC)c2)c1. The lowest BCUT2D eigenvalue weighted by molar-refractivity contribution is -0.140. The first-order valence-electron chi connectivity index (χ1n) is 26.3. The highest BCUT2D eigenvalue weighted by molar-refractivity contribution is 7.89. The van der Waals surface area contributed by atoms with Crippen LogP contribution >= 0.6 is 0 Å². The number of nitrogens with one attached hydrogen (secondary N) is 4. The molecule has 0 bridgehead atoms. The minimum atomic E-state index is -4.53. The first-order valence-corrected chi connectivity index (χ1v) is 27.7. The van der Waals surface area contributed by atoms with Gasteiger partial charge in [0.15, 0.2) is 12.3 Å². The Hall–Kier alpha value is -7.47. The summed E-state index contributed by atoms with van der Waals surface area (Å²) in [5.74, 6) is 7.52. The van der Waals surface area contributed by atoms with Crippen LogP contribution in [0.15, 0.2) is 88.4 Å². The molecule has 1 aliphatic rings. The Morgan fingerprint density at radius 3 is 2.43 bits per heavy atom. The summed E-state index contributed by atoms with van der Waals surface area (Å²) in [5.41, 5.74) is 6.27. The lowest BCUT2D eigenvalue weighted by Gasteiger charge is -2.33. The molecule has 20 nitrogen and oxygen atoms in total. The number of hydrogen-bond acceptors (Lipinski definition) is 16. The van der Waals surface area contributed by atoms with Gasteiger partial charge in [0.2, 0.25) is 16.0 Å². The summed E-state index contributed by atoms with van der Waals surface area (Å²) in [6.07, 6.45) is -3.37. The lowest BCUT2D eigenvalue weighted by atomic mass is 10.0. The fourth-order valence-electron chi connectivity index (χ4n) is 9.34. The van der Waals surface area contributed by atoms with E-state index in [0.717, 1.165) is 36.8 Å². The van der Waals surface area contributed by atoms with Crippen molar-refractivity contribution in [1.82, 2.24) is 38.8 Å². The zero-order valence-corrected chi connectivity index (χ0v) is 46.8. The predicted molar refractivity (Wildman–Crippen MR) is 299 cm³/mol. The van der Waals surface area contributed by atoms with Gasteiger partial charge in [0.1, 0.15) is 30.0 Å². The molecule has 3 aromatic carbocycles. The molecule has 1 aliphatic heterocycles. The number of aromatic nitrogens is 5. The third kappa shape index (κ3) is 15.5. The quantitative estimate of drug-likeness (QED) is 0.0230. The van der Waals surface area contributed by atoms with Gasteiger partial charge in [-0.1, -0.05) is 29.3 Å². The van der Waals surface area contributed by atoms with E-state index in [9.17, 15) is 30.8 Å². The monoisotopic (exact) mass is 1150 g/mol. The Balaban J connectivity index is 0.705. The average molecular weight is 1150 g/mol. The minimum absolute atomic E-state index is 0.0112. The third-order valence-corrected chi connectivity index (χ3v) is 15.3. The minimum Gasteiger partial charge on any atom is -0.495 e. The van der Waals surface area contributed by atoms with Crippen molar-refractivity contribution in [3.63, 3.8) is 0 Å². The molecular formula is C56H67F4N11O9S. The number of rotatable bonds is 27. The van der Waals surface area contributed by atoms with Crippen LogP contribution in [0.5, 0.6) is 11.5 Å². The van der Waals surface area contributed by atoms with Gasteiger partial charge in [-0.3, -0.25) is 4.79 Å². The molecule has 2 atom stereocenters. The van der Waals surface area contributed by atoms with E-state index < -0.39 is 35.0 Å². The molecule has 1 fully saturated rings. The van der Waals surface area contributed by atoms with Crippen LogP contribution in [0.2, 0.25) is 0 Å². The molecule has 1 amide bonds. The molecule has 4 aromatic heterocycles. The molecule has 81 heavy (non-hydrogen) atoms. The number of carbonyl (C=O) groups is 1. The highest BCUT2D eigenvalue weighted by Crippen LogP contribution is 2.34. The van der Waals surface area contributed by atoms with Crippen LogP contribution in [0.1, 0.15) is 29.1 Å². The number of ether oxygens (including phenoxy) is 5. The summed E-state index contributed by atoms with van der Waals surface area (Å²) in [5, 5.41) is 16.8. The summed E-state index contributed by atoms with van der Waals surface area (Å²) in [4.78, 5) is 23.7. The van der Waals surface area contributed by atoms with E-state index in [-0.39, 0.29) is 94.7 Å². The molecular weight excluding hydrogens is 1080 g/mol. The first kappa shape index (κ1) is 59.6. The molecule has 7 aromatic rings. The number of pyridine rings is 1. The number of fused-ring (bicyclic) bond motifs is 2. The van der Waals surface area contributed by atoms with E-state index in [1.165, 1.54) is 32.4 Å². The number of piperidine rings is 1. The van der Waals surface area contributed by atoms with Crippen molar-refractivity contribution in [3.05, 3.63) is 102 Å². The number of aryl methyl sites for hydroxylation is 2. The molecule has 434 valence electrons. The molecule has 0 aliphatic carbocycles. The number of amides is 1. The number of imidazole rings is 1. The number of methoxy groups -OCH3 is 1. The van der Waals surface area contributed by atoms with E-state index in [2.05, 4.69) is 48.2 Å². The second-order valence-corrected chi connectivity index (χ2v) is 21.3. The number of benzene rings is 3.